The molecule has 0 aliphatic carbocycles. The fraction of sp³-hybridized carbons (Fsp3) is 0.524. The van der Waals surface area contributed by atoms with Crippen molar-refractivity contribution in [3.63, 3.8) is 0 Å². The van der Waals surface area contributed by atoms with Crippen molar-refractivity contribution >= 4 is 21.6 Å². The van der Waals surface area contributed by atoms with E-state index >= 15 is 0 Å². The van der Waals surface area contributed by atoms with Gasteiger partial charge in [0.25, 0.3) is 0 Å². The number of anilines is 1. The molecule has 2 heterocycles. The Kier molecular flexibility index (Phi) is 5.93. The molecule has 1 amide bonds. The van der Waals surface area contributed by atoms with E-state index < -0.39 is 9.84 Å². The van der Waals surface area contributed by atoms with Crippen LogP contribution in [0.4, 0.5) is 5.82 Å². The maximum absolute atomic E-state index is 12.5. The molecule has 7 heteroatoms. The maximum atomic E-state index is 12.5. The SMILES string of the molecule is CC(C)(C)c1cc(NC(=O)CCCc2ccccc2)n([C@@H]2CCS(=O)(=O)C2)n1. The van der Waals surface area contributed by atoms with Gasteiger partial charge in [0.1, 0.15) is 5.82 Å². The number of rotatable bonds is 6. The predicted octanol–water partition coefficient (Wildman–Crippen LogP) is 3.50. The minimum Gasteiger partial charge on any atom is -0.311 e. The van der Waals surface area contributed by atoms with Crippen LogP contribution in [0.5, 0.6) is 0 Å². The zero-order valence-electron chi connectivity index (χ0n) is 16.8. The first-order chi connectivity index (χ1) is 13.1. The van der Waals surface area contributed by atoms with Gasteiger partial charge in [-0.25, -0.2) is 13.1 Å². The largest absolute Gasteiger partial charge is 0.311 e. The topological polar surface area (TPSA) is 81.1 Å². The molecule has 1 atom stereocenters. The van der Waals surface area contributed by atoms with Crippen LogP contribution in [0.15, 0.2) is 36.4 Å². The molecule has 1 N–H and O–H groups in total. The number of hydrogen-bond acceptors (Lipinski definition) is 4. The normalized spacial score (nSPS) is 18.9. The van der Waals surface area contributed by atoms with Crippen LogP contribution in [-0.4, -0.2) is 35.6 Å². The molecule has 1 aromatic heterocycles. The van der Waals surface area contributed by atoms with E-state index in [1.807, 2.05) is 24.3 Å². The van der Waals surface area contributed by atoms with Gasteiger partial charge in [0.15, 0.2) is 9.84 Å². The summed E-state index contributed by atoms with van der Waals surface area (Å²) in [5.41, 5.74) is 1.87. The molecule has 3 rings (SSSR count). The lowest BCUT2D eigenvalue weighted by Gasteiger charge is -2.15. The number of carbonyl (C=O) groups is 1. The first kappa shape index (κ1) is 20.6. The fourth-order valence-electron chi connectivity index (χ4n) is 3.40. The van der Waals surface area contributed by atoms with Crippen molar-refractivity contribution in [3.8, 4) is 0 Å². The first-order valence-corrected chi connectivity index (χ1v) is 11.6. The molecule has 0 unspecified atom stereocenters. The summed E-state index contributed by atoms with van der Waals surface area (Å²) in [5.74, 6) is 0.775. The third-order valence-corrected chi connectivity index (χ3v) is 6.79. The molecule has 1 saturated heterocycles. The van der Waals surface area contributed by atoms with E-state index in [-0.39, 0.29) is 28.9 Å². The highest BCUT2D eigenvalue weighted by atomic mass is 32.2. The van der Waals surface area contributed by atoms with Crippen LogP contribution >= 0.6 is 0 Å². The molecule has 28 heavy (non-hydrogen) atoms. The predicted molar refractivity (Wildman–Crippen MR) is 111 cm³/mol. The highest BCUT2D eigenvalue weighted by molar-refractivity contribution is 7.91. The second-order valence-electron chi connectivity index (χ2n) is 8.55. The number of benzene rings is 1. The Labute approximate surface area is 167 Å². The van der Waals surface area contributed by atoms with Crippen molar-refractivity contribution in [3.05, 3.63) is 47.7 Å². The molecule has 6 nitrogen and oxygen atoms in total. The van der Waals surface area contributed by atoms with Crippen LogP contribution in [0.3, 0.4) is 0 Å². The number of nitrogens with zero attached hydrogens (tertiary/aromatic N) is 2. The van der Waals surface area contributed by atoms with Crippen molar-refractivity contribution in [1.29, 1.82) is 0 Å². The van der Waals surface area contributed by atoms with Gasteiger partial charge in [-0.1, -0.05) is 51.1 Å². The molecule has 1 aliphatic rings. The minimum atomic E-state index is -3.03. The lowest BCUT2D eigenvalue weighted by atomic mass is 9.92. The summed E-state index contributed by atoms with van der Waals surface area (Å²) in [4.78, 5) is 12.5. The van der Waals surface area contributed by atoms with E-state index in [2.05, 4.69) is 43.3 Å². The van der Waals surface area contributed by atoms with Gasteiger partial charge < -0.3 is 5.32 Å². The number of aromatic nitrogens is 2. The monoisotopic (exact) mass is 403 g/mol. The van der Waals surface area contributed by atoms with Gasteiger partial charge in [-0.3, -0.25) is 4.79 Å². The fourth-order valence-corrected chi connectivity index (χ4v) is 5.10. The number of aryl methyl sites for hydroxylation is 1. The van der Waals surface area contributed by atoms with Crippen molar-refractivity contribution in [2.24, 2.45) is 0 Å². The quantitative estimate of drug-likeness (QED) is 0.800. The van der Waals surface area contributed by atoms with Gasteiger partial charge in [0, 0.05) is 17.9 Å². The molecule has 1 aliphatic heterocycles. The molecule has 0 radical (unpaired) electrons. The second-order valence-corrected chi connectivity index (χ2v) is 10.8. The second kappa shape index (κ2) is 8.07. The Morgan fingerprint density at radius 1 is 1.25 bits per heavy atom. The van der Waals surface area contributed by atoms with Crippen LogP contribution in [0.2, 0.25) is 0 Å². The molecule has 152 valence electrons. The molecule has 2 aromatic rings. The van der Waals surface area contributed by atoms with E-state index in [4.69, 9.17) is 0 Å². The van der Waals surface area contributed by atoms with Crippen molar-refractivity contribution in [2.75, 3.05) is 16.8 Å². The average molecular weight is 404 g/mol. The summed E-state index contributed by atoms with van der Waals surface area (Å²) in [6.45, 7) is 6.16. The van der Waals surface area contributed by atoms with E-state index in [9.17, 15) is 13.2 Å². The Morgan fingerprint density at radius 3 is 2.57 bits per heavy atom. The standard InChI is InChI=1S/C21H29N3O3S/c1-21(2,3)18-14-19(24(23-18)17-12-13-28(26,27)15-17)22-20(25)11-7-10-16-8-5-4-6-9-16/h4-6,8-9,14,17H,7,10-13,15H2,1-3H3,(H,22,25)/t17-/m1/s1. The van der Waals surface area contributed by atoms with E-state index in [0.717, 1.165) is 18.5 Å². The zero-order chi connectivity index (χ0) is 20.4. The lowest BCUT2D eigenvalue weighted by Crippen LogP contribution is -2.20. The summed E-state index contributed by atoms with van der Waals surface area (Å²) in [5, 5.41) is 7.61. The summed E-state index contributed by atoms with van der Waals surface area (Å²) >= 11 is 0. The first-order valence-electron chi connectivity index (χ1n) is 9.78. The Morgan fingerprint density at radius 2 is 1.96 bits per heavy atom. The number of sulfone groups is 1. The van der Waals surface area contributed by atoms with Crippen LogP contribution < -0.4 is 5.32 Å². The van der Waals surface area contributed by atoms with Gasteiger partial charge in [-0.15, -0.1) is 0 Å². The molecular formula is C21H29N3O3S. The van der Waals surface area contributed by atoms with E-state index in [0.29, 0.717) is 18.7 Å². The van der Waals surface area contributed by atoms with Crippen LogP contribution in [-0.2, 0) is 26.5 Å². The van der Waals surface area contributed by atoms with Crippen molar-refractivity contribution in [1.82, 2.24) is 9.78 Å². The number of nitrogens with one attached hydrogen (secondary N) is 1. The molecule has 0 spiro atoms. The van der Waals surface area contributed by atoms with Crippen molar-refractivity contribution < 1.29 is 13.2 Å². The highest BCUT2D eigenvalue weighted by Gasteiger charge is 2.32. The van der Waals surface area contributed by atoms with Gasteiger partial charge in [-0.2, -0.15) is 5.10 Å². The molecule has 0 bridgehead atoms. The van der Waals surface area contributed by atoms with Crippen LogP contribution in [0.1, 0.15) is 57.3 Å². The summed E-state index contributed by atoms with van der Waals surface area (Å²) in [6.07, 6.45) is 2.55. The van der Waals surface area contributed by atoms with E-state index in [1.165, 1.54) is 5.56 Å². The number of hydrogen-bond donors (Lipinski definition) is 1. The van der Waals surface area contributed by atoms with Gasteiger partial charge in [-0.05, 0) is 24.8 Å². The molecular weight excluding hydrogens is 374 g/mol. The van der Waals surface area contributed by atoms with Crippen molar-refractivity contribution in [2.45, 2.75) is 57.9 Å². The third-order valence-electron chi connectivity index (χ3n) is 5.04. The van der Waals surface area contributed by atoms with Gasteiger partial charge in [0.2, 0.25) is 5.91 Å². The maximum Gasteiger partial charge on any atom is 0.225 e. The number of amides is 1. The minimum absolute atomic E-state index is 0.0709. The Hall–Kier alpha value is -2.15. The van der Waals surface area contributed by atoms with Gasteiger partial charge >= 0.3 is 0 Å². The smallest absolute Gasteiger partial charge is 0.225 e. The zero-order valence-corrected chi connectivity index (χ0v) is 17.6. The molecule has 1 aromatic carbocycles. The van der Waals surface area contributed by atoms with Gasteiger partial charge in [0.05, 0.1) is 23.2 Å². The lowest BCUT2D eigenvalue weighted by molar-refractivity contribution is -0.116. The Balaban J connectivity index is 1.69. The van der Waals surface area contributed by atoms with E-state index in [1.54, 1.807) is 4.68 Å². The summed E-state index contributed by atoms with van der Waals surface area (Å²) in [6, 6.07) is 11.7. The van der Waals surface area contributed by atoms with Crippen LogP contribution in [0.25, 0.3) is 0 Å². The number of carbonyl (C=O) groups excluding carboxylic acids is 1. The highest BCUT2D eigenvalue weighted by Crippen LogP contribution is 2.31. The average Bonchev–Trinajstić information content (AvgIpc) is 3.18. The molecule has 1 fully saturated rings. The third kappa shape index (κ3) is 5.22. The van der Waals surface area contributed by atoms with Crippen LogP contribution in [0, 0.1) is 0 Å². The molecule has 0 saturated carbocycles. The summed E-state index contributed by atoms with van der Waals surface area (Å²) in [7, 11) is -3.03. The Bertz CT molecular complexity index is 928. The summed E-state index contributed by atoms with van der Waals surface area (Å²) < 4.78 is 25.5.